The first-order valence-corrected chi connectivity index (χ1v) is 10.8. The SMILES string of the molecule is Cc1cncc(-c2cn3c(C(C)C)nnc3c(CCCc3c[nH]c4ccccc34)n2)c1. The molecule has 0 unspecified atom stereocenters. The number of rotatable bonds is 6. The quantitative estimate of drug-likeness (QED) is 0.414. The van der Waals surface area contributed by atoms with E-state index < -0.39 is 0 Å². The Morgan fingerprint density at radius 1 is 1.06 bits per heavy atom. The van der Waals surface area contributed by atoms with E-state index in [0.29, 0.717) is 0 Å². The molecule has 0 aliphatic carbocycles. The maximum atomic E-state index is 4.99. The van der Waals surface area contributed by atoms with Gasteiger partial charge in [-0.1, -0.05) is 32.0 Å². The van der Waals surface area contributed by atoms with Gasteiger partial charge < -0.3 is 4.98 Å². The van der Waals surface area contributed by atoms with E-state index in [-0.39, 0.29) is 5.92 Å². The summed E-state index contributed by atoms with van der Waals surface area (Å²) in [6.45, 7) is 6.33. The Labute approximate surface area is 181 Å². The van der Waals surface area contributed by atoms with Crippen LogP contribution in [0.25, 0.3) is 27.8 Å². The van der Waals surface area contributed by atoms with Crippen molar-refractivity contribution in [1.29, 1.82) is 0 Å². The van der Waals surface area contributed by atoms with Gasteiger partial charge in [0.05, 0.1) is 11.4 Å². The van der Waals surface area contributed by atoms with E-state index in [4.69, 9.17) is 4.98 Å². The van der Waals surface area contributed by atoms with Gasteiger partial charge in [0.15, 0.2) is 5.65 Å². The number of pyridine rings is 1. The molecule has 6 nitrogen and oxygen atoms in total. The molecule has 31 heavy (non-hydrogen) atoms. The fourth-order valence-corrected chi connectivity index (χ4v) is 4.15. The molecule has 156 valence electrons. The number of benzene rings is 1. The second-order valence-electron chi connectivity index (χ2n) is 8.44. The zero-order chi connectivity index (χ0) is 21.4. The van der Waals surface area contributed by atoms with Gasteiger partial charge in [0.2, 0.25) is 0 Å². The highest BCUT2D eigenvalue weighted by Gasteiger charge is 2.16. The molecule has 5 aromatic rings. The van der Waals surface area contributed by atoms with Crippen molar-refractivity contribution in [3.05, 3.63) is 77.8 Å². The van der Waals surface area contributed by atoms with Gasteiger partial charge in [0, 0.05) is 47.2 Å². The number of fused-ring (bicyclic) bond motifs is 2. The molecule has 0 atom stereocenters. The highest BCUT2D eigenvalue weighted by molar-refractivity contribution is 5.83. The van der Waals surface area contributed by atoms with Gasteiger partial charge in [-0.05, 0) is 49.4 Å². The van der Waals surface area contributed by atoms with E-state index in [1.54, 1.807) is 0 Å². The van der Waals surface area contributed by atoms with Crippen LogP contribution in [0.3, 0.4) is 0 Å². The van der Waals surface area contributed by atoms with Crippen LogP contribution in [-0.2, 0) is 12.8 Å². The second kappa shape index (κ2) is 7.95. The standard InChI is InChI=1S/C25H26N6/c1-16(2)24-29-30-25-22(10-6-7-18-14-27-21-9-5-4-8-20(18)21)28-23(15-31(24)25)19-11-17(3)12-26-13-19/h4-5,8-9,11-16,27H,6-7,10H2,1-3H3. The normalized spacial score (nSPS) is 11.7. The van der Waals surface area contributed by atoms with Gasteiger partial charge in [-0.2, -0.15) is 0 Å². The van der Waals surface area contributed by atoms with E-state index in [0.717, 1.165) is 53.2 Å². The topological polar surface area (TPSA) is 71.8 Å². The van der Waals surface area contributed by atoms with Crippen LogP contribution in [0.5, 0.6) is 0 Å². The summed E-state index contributed by atoms with van der Waals surface area (Å²) >= 11 is 0. The van der Waals surface area contributed by atoms with Crippen LogP contribution >= 0.6 is 0 Å². The molecule has 0 amide bonds. The number of nitrogens with one attached hydrogen (secondary N) is 1. The number of para-hydroxylation sites is 1. The van der Waals surface area contributed by atoms with Crippen molar-refractivity contribution in [1.82, 2.24) is 29.5 Å². The largest absolute Gasteiger partial charge is 0.361 e. The van der Waals surface area contributed by atoms with Gasteiger partial charge >= 0.3 is 0 Å². The average molecular weight is 411 g/mol. The Bertz CT molecular complexity index is 1360. The van der Waals surface area contributed by atoms with Crippen LogP contribution in [0.2, 0.25) is 0 Å². The van der Waals surface area contributed by atoms with Crippen molar-refractivity contribution in [3.8, 4) is 11.3 Å². The van der Waals surface area contributed by atoms with Crippen LogP contribution in [-0.4, -0.2) is 29.5 Å². The van der Waals surface area contributed by atoms with Crippen LogP contribution in [0, 0.1) is 6.92 Å². The first-order valence-electron chi connectivity index (χ1n) is 10.8. The summed E-state index contributed by atoms with van der Waals surface area (Å²) in [6.07, 6.45) is 10.7. The molecule has 4 aromatic heterocycles. The van der Waals surface area contributed by atoms with Crippen LogP contribution in [0.15, 0.2) is 55.1 Å². The van der Waals surface area contributed by atoms with Crippen LogP contribution in [0.1, 0.15) is 48.8 Å². The minimum absolute atomic E-state index is 0.278. The summed E-state index contributed by atoms with van der Waals surface area (Å²) in [5.74, 6) is 1.23. The number of nitrogens with zero attached hydrogens (tertiary/aromatic N) is 5. The molecule has 0 saturated heterocycles. The van der Waals surface area contributed by atoms with Crippen LogP contribution < -0.4 is 0 Å². The molecule has 0 aliphatic rings. The summed E-state index contributed by atoms with van der Waals surface area (Å²) in [7, 11) is 0. The Balaban J connectivity index is 1.49. The van der Waals surface area contributed by atoms with E-state index in [9.17, 15) is 0 Å². The third-order valence-electron chi connectivity index (χ3n) is 5.71. The predicted octanol–water partition coefficient (Wildman–Crippen LogP) is 5.27. The lowest BCUT2D eigenvalue weighted by molar-refractivity contribution is 0.755. The van der Waals surface area contributed by atoms with E-state index in [1.165, 1.54) is 16.5 Å². The van der Waals surface area contributed by atoms with E-state index in [1.807, 2.05) is 18.6 Å². The molecule has 0 fully saturated rings. The Morgan fingerprint density at radius 2 is 1.94 bits per heavy atom. The second-order valence-corrected chi connectivity index (χ2v) is 8.44. The zero-order valence-electron chi connectivity index (χ0n) is 18.1. The molecule has 0 spiro atoms. The lowest BCUT2D eigenvalue weighted by Gasteiger charge is -2.10. The Hall–Kier alpha value is -3.54. The van der Waals surface area contributed by atoms with Gasteiger partial charge in [0.25, 0.3) is 0 Å². The summed E-state index contributed by atoms with van der Waals surface area (Å²) in [4.78, 5) is 12.7. The molecule has 1 aromatic carbocycles. The van der Waals surface area contributed by atoms with Crippen molar-refractivity contribution in [2.45, 2.75) is 46.0 Å². The summed E-state index contributed by atoms with van der Waals surface area (Å²) < 4.78 is 2.11. The van der Waals surface area contributed by atoms with E-state index >= 15 is 0 Å². The molecule has 0 aliphatic heterocycles. The van der Waals surface area contributed by atoms with Gasteiger partial charge in [-0.3, -0.25) is 9.38 Å². The molecule has 0 bridgehead atoms. The number of aryl methyl sites for hydroxylation is 3. The number of hydrogen-bond acceptors (Lipinski definition) is 4. The molecule has 0 saturated carbocycles. The summed E-state index contributed by atoms with van der Waals surface area (Å²) in [5.41, 5.74) is 7.41. The Kier molecular flexibility index (Phi) is 4.98. The summed E-state index contributed by atoms with van der Waals surface area (Å²) in [6, 6.07) is 10.6. The fourth-order valence-electron chi connectivity index (χ4n) is 4.15. The number of H-pyrrole nitrogens is 1. The van der Waals surface area contributed by atoms with Gasteiger partial charge in [-0.25, -0.2) is 4.98 Å². The maximum absolute atomic E-state index is 4.99. The minimum atomic E-state index is 0.278. The van der Waals surface area contributed by atoms with Gasteiger partial charge in [0.1, 0.15) is 5.82 Å². The highest BCUT2D eigenvalue weighted by Crippen LogP contribution is 2.24. The van der Waals surface area contributed by atoms with Crippen molar-refractivity contribution in [3.63, 3.8) is 0 Å². The number of hydrogen-bond donors (Lipinski definition) is 1. The predicted molar refractivity (Wildman–Crippen MR) is 123 cm³/mol. The van der Waals surface area contributed by atoms with Crippen molar-refractivity contribution < 1.29 is 0 Å². The van der Waals surface area contributed by atoms with Crippen molar-refractivity contribution in [2.24, 2.45) is 0 Å². The molecule has 1 N–H and O–H groups in total. The molecular formula is C25H26N6. The Morgan fingerprint density at radius 3 is 2.77 bits per heavy atom. The molecule has 5 rings (SSSR count). The first kappa shape index (κ1) is 19.4. The maximum Gasteiger partial charge on any atom is 0.182 e. The monoisotopic (exact) mass is 410 g/mol. The van der Waals surface area contributed by atoms with E-state index in [2.05, 4.69) is 81.9 Å². The zero-order valence-corrected chi connectivity index (χ0v) is 18.1. The van der Waals surface area contributed by atoms with Crippen molar-refractivity contribution >= 4 is 16.6 Å². The average Bonchev–Trinajstić information content (AvgIpc) is 3.38. The molecule has 6 heteroatoms. The van der Waals surface area contributed by atoms with Crippen LogP contribution in [0.4, 0.5) is 0 Å². The smallest absolute Gasteiger partial charge is 0.182 e. The molecular weight excluding hydrogens is 384 g/mol. The fraction of sp³-hybridized carbons (Fsp3) is 0.280. The summed E-state index contributed by atoms with van der Waals surface area (Å²) in [5, 5.41) is 10.2. The third-order valence-corrected chi connectivity index (χ3v) is 5.71. The molecule has 0 radical (unpaired) electrons. The van der Waals surface area contributed by atoms with Gasteiger partial charge in [-0.15, -0.1) is 10.2 Å². The first-order chi connectivity index (χ1) is 15.1. The number of aromatic nitrogens is 6. The highest BCUT2D eigenvalue weighted by atomic mass is 15.3. The lowest BCUT2D eigenvalue weighted by Crippen LogP contribution is -2.04. The lowest BCUT2D eigenvalue weighted by atomic mass is 10.1. The molecule has 4 heterocycles. The van der Waals surface area contributed by atoms with Crippen molar-refractivity contribution in [2.75, 3.05) is 0 Å². The third kappa shape index (κ3) is 3.69. The minimum Gasteiger partial charge on any atom is -0.361 e. The number of aromatic amines is 1.